The van der Waals surface area contributed by atoms with Gasteiger partial charge in [-0.3, -0.25) is 0 Å². The highest BCUT2D eigenvalue weighted by molar-refractivity contribution is 7.18. The van der Waals surface area contributed by atoms with Crippen LogP contribution in [-0.2, 0) is 12.4 Å². The predicted octanol–water partition coefficient (Wildman–Crippen LogP) is 4.65. The minimum atomic E-state index is 0.538. The largest absolute Gasteiger partial charge is 0.379 e. The number of thiazole rings is 1. The van der Waals surface area contributed by atoms with Crippen LogP contribution < -0.4 is 5.32 Å². The number of nitrogens with zero attached hydrogens (tertiary/aromatic N) is 1. The van der Waals surface area contributed by atoms with Gasteiger partial charge in [0.25, 0.3) is 0 Å². The fourth-order valence-corrected chi connectivity index (χ4v) is 3.01. The fourth-order valence-electron chi connectivity index (χ4n) is 1.94. The van der Waals surface area contributed by atoms with Crippen LogP contribution in [-0.4, -0.2) is 4.98 Å². The summed E-state index contributed by atoms with van der Waals surface area (Å²) < 4.78 is 1.23. The first-order chi connectivity index (χ1) is 9.35. The summed E-state index contributed by atoms with van der Waals surface area (Å²) in [7, 11) is 0. The van der Waals surface area contributed by atoms with Gasteiger partial charge in [0.05, 0.1) is 16.8 Å². The molecule has 1 heterocycles. The number of para-hydroxylation sites is 1. The van der Waals surface area contributed by atoms with E-state index in [0.717, 1.165) is 28.3 Å². The average molecular weight is 289 g/mol. The number of benzene rings is 2. The van der Waals surface area contributed by atoms with Crippen LogP contribution >= 0.6 is 22.9 Å². The van der Waals surface area contributed by atoms with Crippen LogP contribution in [0, 0.1) is 0 Å². The van der Waals surface area contributed by atoms with E-state index >= 15 is 0 Å². The Hall–Kier alpha value is -1.58. The van der Waals surface area contributed by atoms with Crippen molar-refractivity contribution in [2.24, 2.45) is 0 Å². The molecule has 0 unspecified atom stereocenters. The lowest BCUT2D eigenvalue weighted by Crippen LogP contribution is -1.98. The third-order valence-electron chi connectivity index (χ3n) is 2.86. The molecule has 1 N–H and O–H groups in total. The maximum Gasteiger partial charge on any atom is 0.113 e. The summed E-state index contributed by atoms with van der Waals surface area (Å²) in [5.74, 6) is 0.538. The van der Waals surface area contributed by atoms with E-state index in [1.807, 2.05) is 36.4 Å². The first-order valence-corrected chi connectivity index (χ1v) is 7.43. The van der Waals surface area contributed by atoms with Crippen molar-refractivity contribution in [1.82, 2.24) is 4.98 Å². The lowest BCUT2D eigenvalue weighted by Gasteiger charge is -2.05. The molecule has 0 fully saturated rings. The zero-order chi connectivity index (χ0) is 13.1. The van der Waals surface area contributed by atoms with Gasteiger partial charge in [0, 0.05) is 11.6 Å². The maximum atomic E-state index is 5.83. The van der Waals surface area contributed by atoms with E-state index in [9.17, 15) is 0 Å². The third-order valence-corrected chi connectivity index (χ3v) is 4.21. The molecule has 0 radical (unpaired) electrons. The Kier molecular flexibility index (Phi) is 3.67. The van der Waals surface area contributed by atoms with Crippen molar-refractivity contribution in [3.8, 4) is 0 Å². The highest BCUT2D eigenvalue weighted by atomic mass is 35.5. The lowest BCUT2D eigenvalue weighted by molar-refractivity contribution is 1.12. The van der Waals surface area contributed by atoms with Gasteiger partial charge < -0.3 is 5.32 Å². The second-order valence-corrected chi connectivity index (χ2v) is 5.65. The van der Waals surface area contributed by atoms with Crippen LogP contribution in [0.1, 0.15) is 10.6 Å². The molecular formula is C15H13ClN2S. The summed E-state index contributed by atoms with van der Waals surface area (Å²) in [6.07, 6.45) is 0. The molecule has 0 atom stereocenters. The molecule has 1 aromatic heterocycles. The summed E-state index contributed by atoms with van der Waals surface area (Å²) in [5.41, 5.74) is 3.27. The molecule has 4 heteroatoms. The molecule has 96 valence electrons. The summed E-state index contributed by atoms with van der Waals surface area (Å²) in [5, 5.41) is 4.48. The summed E-state index contributed by atoms with van der Waals surface area (Å²) >= 11 is 7.56. The van der Waals surface area contributed by atoms with Crippen molar-refractivity contribution in [1.29, 1.82) is 0 Å². The second kappa shape index (κ2) is 5.59. The second-order valence-electron chi connectivity index (χ2n) is 4.26. The number of halogens is 1. The molecule has 2 nitrogen and oxygen atoms in total. The van der Waals surface area contributed by atoms with Crippen LogP contribution in [0.4, 0.5) is 5.69 Å². The van der Waals surface area contributed by atoms with Crippen LogP contribution in [0.2, 0.25) is 0 Å². The standard InChI is InChI=1S/C15H13ClN2S/c16-9-11-4-3-5-12(8-11)17-10-15-18-13-6-1-2-7-14(13)19-15/h1-8,17H,9-10H2. The third kappa shape index (κ3) is 2.88. The molecular weight excluding hydrogens is 276 g/mol. The van der Waals surface area contributed by atoms with E-state index in [1.54, 1.807) is 11.3 Å². The number of hydrogen-bond donors (Lipinski definition) is 1. The Morgan fingerprint density at radius 1 is 1.11 bits per heavy atom. The van der Waals surface area contributed by atoms with E-state index in [0.29, 0.717) is 5.88 Å². The number of alkyl halides is 1. The van der Waals surface area contributed by atoms with Crippen molar-refractivity contribution in [2.45, 2.75) is 12.4 Å². The van der Waals surface area contributed by atoms with Gasteiger partial charge >= 0.3 is 0 Å². The zero-order valence-corrected chi connectivity index (χ0v) is 11.8. The first kappa shape index (κ1) is 12.5. The molecule has 2 aromatic carbocycles. The van der Waals surface area contributed by atoms with Gasteiger partial charge in [-0.05, 0) is 29.8 Å². The molecule has 0 aliphatic rings. The Morgan fingerprint density at radius 2 is 2.00 bits per heavy atom. The van der Waals surface area contributed by atoms with Gasteiger partial charge in [-0.2, -0.15) is 0 Å². The number of nitrogens with one attached hydrogen (secondary N) is 1. The first-order valence-electron chi connectivity index (χ1n) is 6.08. The van der Waals surface area contributed by atoms with Gasteiger partial charge in [-0.1, -0.05) is 24.3 Å². The van der Waals surface area contributed by atoms with Crippen molar-refractivity contribution in [3.05, 3.63) is 59.1 Å². The minimum absolute atomic E-state index is 0.538. The molecule has 19 heavy (non-hydrogen) atoms. The van der Waals surface area contributed by atoms with Gasteiger partial charge in [-0.25, -0.2) is 4.98 Å². The number of aromatic nitrogens is 1. The molecule has 3 aromatic rings. The van der Waals surface area contributed by atoms with Crippen molar-refractivity contribution < 1.29 is 0 Å². The predicted molar refractivity (Wildman–Crippen MR) is 82.9 cm³/mol. The van der Waals surface area contributed by atoms with Gasteiger partial charge in [0.15, 0.2) is 0 Å². The number of fused-ring (bicyclic) bond motifs is 1. The monoisotopic (exact) mass is 288 g/mol. The Bertz CT molecular complexity index is 660. The average Bonchev–Trinajstić information content (AvgIpc) is 2.88. The number of hydrogen-bond acceptors (Lipinski definition) is 3. The summed E-state index contributed by atoms with van der Waals surface area (Å²) in [6, 6.07) is 16.4. The van der Waals surface area contributed by atoms with E-state index < -0.39 is 0 Å². The highest BCUT2D eigenvalue weighted by Crippen LogP contribution is 2.22. The van der Waals surface area contributed by atoms with Crippen LogP contribution in [0.5, 0.6) is 0 Å². The van der Waals surface area contributed by atoms with Crippen LogP contribution in [0.15, 0.2) is 48.5 Å². The topological polar surface area (TPSA) is 24.9 Å². The zero-order valence-electron chi connectivity index (χ0n) is 10.3. The van der Waals surface area contributed by atoms with Gasteiger partial charge in [0.1, 0.15) is 5.01 Å². The maximum absolute atomic E-state index is 5.83. The van der Waals surface area contributed by atoms with E-state index in [2.05, 4.69) is 22.4 Å². The Labute approximate surface area is 121 Å². The minimum Gasteiger partial charge on any atom is -0.379 e. The lowest BCUT2D eigenvalue weighted by atomic mass is 10.2. The van der Waals surface area contributed by atoms with E-state index in [4.69, 9.17) is 11.6 Å². The van der Waals surface area contributed by atoms with Crippen LogP contribution in [0.3, 0.4) is 0 Å². The molecule has 0 amide bonds. The summed E-state index contributed by atoms with van der Waals surface area (Å²) in [4.78, 5) is 4.60. The Balaban J connectivity index is 1.74. The van der Waals surface area contributed by atoms with Gasteiger partial charge in [0.2, 0.25) is 0 Å². The van der Waals surface area contributed by atoms with E-state index in [-0.39, 0.29) is 0 Å². The fraction of sp³-hybridized carbons (Fsp3) is 0.133. The highest BCUT2D eigenvalue weighted by Gasteiger charge is 2.03. The van der Waals surface area contributed by atoms with Crippen molar-refractivity contribution >= 4 is 38.8 Å². The summed E-state index contributed by atoms with van der Waals surface area (Å²) in [6.45, 7) is 0.741. The number of rotatable bonds is 4. The van der Waals surface area contributed by atoms with Crippen molar-refractivity contribution in [3.63, 3.8) is 0 Å². The molecule has 0 spiro atoms. The number of anilines is 1. The van der Waals surface area contributed by atoms with Crippen molar-refractivity contribution in [2.75, 3.05) is 5.32 Å². The molecule has 0 aliphatic heterocycles. The quantitative estimate of drug-likeness (QED) is 0.707. The SMILES string of the molecule is ClCc1cccc(NCc2nc3ccccc3s2)c1. The van der Waals surface area contributed by atoms with E-state index in [1.165, 1.54) is 4.70 Å². The molecule has 0 saturated carbocycles. The Morgan fingerprint density at radius 3 is 2.84 bits per heavy atom. The molecule has 0 aliphatic carbocycles. The van der Waals surface area contributed by atoms with Gasteiger partial charge in [-0.15, -0.1) is 22.9 Å². The molecule has 0 saturated heterocycles. The molecule has 0 bridgehead atoms. The smallest absolute Gasteiger partial charge is 0.113 e. The van der Waals surface area contributed by atoms with Crippen LogP contribution in [0.25, 0.3) is 10.2 Å². The normalized spacial score (nSPS) is 10.8. The molecule has 3 rings (SSSR count).